The molecule has 1 N–H and O–H groups in total. The fourth-order valence-corrected chi connectivity index (χ4v) is 3.98. The van der Waals surface area contributed by atoms with E-state index in [4.69, 9.17) is 9.72 Å². The van der Waals surface area contributed by atoms with Gasteiger partial charge >= 0.3 is 5.69 Å². The van der Waals surface area contributed by atoms with Crippen LogP contribution in [0, 0.1) is 0 Å². The first-order valence-corrected chi connectivity index (χ1v) is 11.2. The summed E-state index contributed by atoms with van der Waals surface area (Å²) in [4.78, 5) is 29.2. The summed E-state index contributed by atoms with van der Waals surface area (Å²) < 4.78 is 7.53. The van der Waals surface area contributed by atoms with Gasteiger partial charge in [-0.1, -0.05) is 56.3 Å². The fourth-order valence-electron chi connectivity index (χ4n) is 3.98. The third kappa shape index (κ3) is 4.45. The lowest BCUT2D eigenvalue weighted by atomic mass is 9.97. The topological polar surface area (TPSA) is 85.7 Å². The first kappa shape index (κ1) is 21.6. The summed E-state index contributed by atoms with van der Waals surface area (Å²) in [6.45, 7) is 5.03. The summed E-state index contributed by atoms with van der Waals surface area (Å²) in [5.41, 5.74) is 4.90. The van der Waals surface area contributed by atoms with Crippen LogP contribution >= 0.6 is 0 Å². The highest BCUT2D eigenvalue weighted by molar-refractivity contribution is 5.73. The number of H-pyrrole nitrogens is 1. The lowest BCUT2D eigenvalue weighted by Crippen LogP contribution is -2.17. The molecule has 0 bridgehead atoms. The number of pyridine rings is 1. The van der Waals surface area contributed by atoms with E-state index in [1.165, 1.54) is 5.56 Å². The van der Waals surface area contributed by atoms with Crippen molar-refractivity contribution in [3.8, 4) is 17.1 Å². The number of aromatic amines is 1. The second kappa shape index (κ2) is 9.31. The Balaban J connectivity index is 1.45. The van der Waals surface area contributed by atoms with E-state index in [0.29, 0.717) is 36.1 Å². The Kier molecular flexibility index (Phi) is 5.91. The lowest BCUT2D eigenvalue weighted by Gasteiger charge is -2.12. The molecule has 0 saturated heterocycles. The van der Waals surface area contributed by atoms with E-state index < -0.39 is 0 Å². The van der Waals surface area contributed by atoms with E-state index in [1.54, 1.807) is 17.0 Å². The Hall–Kier alpha value is -4.26. The van der Waals surface area contributed by atoms with E-state index >= 15 is 0 Å². The van der Waals surface area contributed by atoms with Gasteiger partial charge in [-0.2, -0.15) is 0 Å². The van der Waals surface area contributed by atoms with Gasteiger partial charge in [0.15, 0.2) is 11.5 Å². The highest BCUT2D eigenvalue weighted by Crippen LogP contribution is 2.27. The monoisotopic (exact) mass is 451 g/mol. The van der Waals surface area contributed by atoms with Crippen LogP contribution in [0.1, 0.15) is 36.6 Å². The molecule has 0 spiro atoms. The van der Waals surface area contributed by atoms with Crippen molar-refractivity contribution in [1.82, 2.24) is 24.5 Å². The van der Waals surface area contributed by atoms with Gasteiger partial charge in [-0.15, -0.1) is 0 Å². The molecule has 2 aromatic carbocycles. The summed E-state index contributed by atoms with van der Waals surface area (Å²) >= 11 is 0. The normalized spacial score (nSPS) is 11.3. The van der Waals surface area contributed by atoms with E-state index in [2.05, 4.69) is 34.9 Å². The van der Waals surface area contributed by atoms with E-state index in [-0.39, 0.29) is 5.69 Å². The minimum absolute atomic E-state index is 0.224. The second-order valence-electron chi connectivity index (χ2n) is 8.45. The molecule has 0 aliphatic rings. The molecule has 7 nitrogen and oxygen atoms in total. The molecular weight excluding hydrogens is 426 g/mol. The number of rotatable bonds is 7. The molecule has 0 radical (unpaired) electrons. The predicted octanol–water partition coefficient (Wildman–Crippen LogP) is 4.93. The van der Waals surface area contributed by atoms with Gasteiger partial charge in [0.05, 0.1) is 18.4 Å². The summed E-state index contributed by atoms with van der Waals surface area (Å²) in [6, 6.07) is 21.6. The van der Waals surface area contributed by atoms with Crippen LogP contribution in [0.4, 0.5) is 0 Å². The summed E-state index contributed by atoms with van der Waals surface area (Å²) in [6.07, 6.45) is 3.42. The van der Waals surface area contributed by atoms with E-state index in [1.807, 2.05) is 60.7 Å². The SMILES string of the molecule is CC(C)c1ccccc1-c1ncc2[nH]c(=O)n(Cc3cccc(OCc4ccccn4)c3)c2n1. The van der Waals surface area contributed by atoms with Crippen molar-refractivity contribution in [3.05, 3.63) is 106 Å². The molecule has 0 aliphatic heterocycles. The van der Waals surface area contributed by atoms with Crippen LogP contribution in [0.25, 0.3) is 22.6 Å². The molecule has 0 fully saturated rings. The summed E-state index contributed by atoms with van der Waals surface area (Å²) in [7, 11) is 0. The quantitative estimate of drug-likeness (QED) is 0.379. The summed E-state index contributed by atoms with van der Waals surface area (Å²) in [5.74, 6) is 1.66. The first-order valence-electron chi connectivity index (χ1n) is 11.2. The van der Waals surface area contributed by atoms with E-state index in [0.717, 1.165) is 22.6 Å². The number of hydrogen-bond acceptors (Lipinski definition) is 5. The van der Waals surface area contributed by atoms with Gasteiger partial charge in [-0.3, -0.25) is 9.55 Å². The van der Waals surface area contributed by atoms with Crippen molar-refractivity contribution in [3.63, 3.8) is 0 Å². The zero-order valence-corrected chi connectivity index (χ0v) is 19.1. The predicted molar refractivity (Wildman–Crippen MR) is 132 cm³/mol. The number of imidazole rings is 1. The third-order valence-electron chi connectivity index (χ3n) is 5.69. The molecule has 0 saturated carbocycles. The number of aromatic nitrogens is 5. The largest absolute Gasteiger partial charge is 0.487 e. The van der Waals surface area contributed by atoms with E-state index in [9.17, 15) is 4.79 Å². The molecule has 0 aliphatic carbocycles. The summed E-state index contributed by atoms with van der Waals surface area (Å²) in [5, 5.41) is 0. The minimum atomic E-state index is -0.224. The first-order chi connectivity index (χ1) is 16.6. The standard InChI is InChI=1S/C27H25N5O2/c1-18(2)22-11-3-4-12-23(22)25-29-15-24-26(31-25)32(27(33)30-24)16-19-8-7-10-21(14-19)34-17-20-9-5-6-13-28-20/h3-15,18H,16-17H2,1-2H3,(H,30,33). The molecule has 5 rings (SSSR count). The highest BCUT2D eigenvalue weighted by atomic mass is 16.5. The average molecular weight is 452 g/mol. The van der Waals surface area contributed by atoms with Crippen LogP contribution in [-0.2, 0) is 13.2 Å². The van der Waals surface area contributed by atoms with Crippen molar-refractivity contribution < 1.29 is 4.74 Å². The number of benzene rings is 2. The van der Waals surface area contributed by atoms with Crippen molar-refractivity contribution in [2.45, 2.75) is 32.9 Å². The molecule has 7 heteroatoms. The highest BCUT2D eigenvalue weighted by Gasteiger charge is 2.15. The Morgan fingerprint density at radius 2 is 1.85 bits per heavy atom. The van der Waals surface area contributed by atoms with Crippen LogP contribution in [0.5, 0.6) is 5.75 Å². The Bertz CT molecular complexity index is 1490. The number of ether oxygens (including phenoxy) is 1. The second-order valence-corrected chi connectivity index (χ2v) is 8.45. The Morgan fingerprint density at radius 1 is 1.00 bits per heavy atom. The maximum Gasteiger partial charge on any atom is 0.328 e. The number of hydrogen-bond donors (Lipinski definition) is 1. The van der Waals surface area contributed by atoms with Gasteiger partial charge < -0.3 is 9.72 Å². The van der Waals surface area contributed by atoms with Crippen molar-refractivity contribution in [1.29, 1.82) is 0 Å². The smallest absolute Gasteiger partial charge is 0.328 e. The van der Waals surface area contributed by atoms with Gasteiger partial charge in [0.1, 0.15) is 17.9 Å². The van der Waals surface area contributed by atoms with Crippen LogP contribution < -0.4 is 10.4 Å². The number of nitrogens with zero attached hydrogens (tertiary/aromatic N) is 4. The molecule has 3 aromatic heterocycles. The third-order valence-corrected chi connectivity index (χ3v) is 5.69. The van der Waals surface area contributed by atoms with Gasteiger partial charge in [-0.25, -0.2) is 14.8 Å². The van der Waals surface area contributed by atoms with Crippen LogP contribution in [0.15, 0.2) is 83.9 Å². The lowest BCUT2D eigenvalue weighted by molar-refractivity contribution is 0.301. The maximum atomic E-state index is 12.8. The zero-order valence-electron chi connectivity index (χ0n) is 19.1. The molecule has 170 valence electrons. The van der Waals surface area contributed by atoms with Crippen LogP contribution in [-0.4, -0.2) is 24.5 Å². The molecule has 0 unspecified atom stereocenters. The van der Waals surface area contributed by atoms with Gasteiger partial charge in [-0.05, 0) is 41.3 Å². The fraction of sp³-hybridized carbons (Fsp3) is 0.185. The average Bonchev–Trinajstić information content (AvgIpc) is 3.17. The Labute approximate surface area is 197 Å². The Morgan fingerprint density at radius 3 is 2.68 bits per heavy atom. The van der Waals surface area contributed by atoms with Crippen molar-refractivity contribution >= 4 is 11.2 Å². The molecule has 5 aromatic rings. The minimum Gasteiger partial charge on any atom is -0.487 e. The van der Waals surface area contributed by atoms with Gasteiger partial charge in [0.2, 0.25) is 0 Å². The molecule has 3 heterocycles. The van der Waals surface area contributed by atoms with Gasteiger partial charge in [0, 0.05) is 11.8 Å². The van der Waals surface area contributed by atoms with Crippen LogP contribution in [0.2, 0.25) is 0 Å². The zero-order chi connectivity index (χ0) is 23.5. The van der Waals surface area contributed by atoms with Crippen LogP contribution in [0.3, 0.4) is 0 Å². The van der Waals surface area contributed by atoms with Crippen molar-refractivity contribution in [2.75, 3.05) is 0 Å². The number of fused-ring (bicyclic) bond motifs is 1. The van der Waals surface area contributed by atoms with Crippen molar-refractivity contribution in [2.24, 2.45) is 0 Å². The molecule has 0 atom stereocenters. The number of nitrogens with one attached hydrogen (secondary N) is 1. The maximum absolute atomic E-state index is 12.8. The molecule has 34 heavy (non-hydrogen) atoms. The molecular formula is C27H25N5O2. The van der Waals surface area contributed by atoms with Gasteiger partial charge in [0.25, 0.3) is 0 Å². The molecule has 0 amide bonds.